The first-order chi connectivity index (χ1) is 7.75. The van der Waals surface area contributed by atoms with Crippen molar-refractivity contribution < 1.29 is 0 Å². The lowest BCUT2D eigenvalue weighted by Crippen LogP contribution is -2.50. The van der Waals surface area contributed by atoms with Crippen molar-refractivity contribution in [2.45, 2.75) is 77.3 Å². The third kappa shape index (κ3) is 3.46. The fourth-order valence-corrected chi connectivity index (χ4v) is 3.16. The zero-order valence-corrected chi connectivity index (χ0v) is 11.0. The molecule has 16 heavy (non-hydrogen) atoms. The van der Waals surface area contributed by atoms with Gasteiger partial charge in [-0.05, 0) is 50.4 Å². The topological polar surface area (TPSA) is 24.1 Å². The van der Waals surface area contributed by atoms with E-state index in [4.69, 9.17) is 0 Å². The summed E-state index contributed by atoms with van der Waals surface area (Å²) >= 11 is 0. The smallest absolute Gasteiger partial charge is 0.0238 e. The number of hydrogen-bond acceptors (Lipinski definition) is 2. The normalized spacial score (nSPS) is 40.9. The summed E-state index contributed by atoms with van der Waals surface area (Å²) < 4.78 is 0. The summed E-state index contributed by atoms with van der Waals surface area (Å²) in [5, 5.41) is 0. The minimum atomic E-state index is 0.716. The van der Waals surface area contributed by atoms with Gasteiger partial charge in [0.25, 0.3) is 0 Å². The van der Waals surface area contributed by atoms with Crippen LogP contribution in [0, 0.1) is 11.8 Å². The van der Waals surface area contributed by atoms with E-state index in [2.05, 4.69) is 24.7 Å². The van der Waals surface area contributed by atoms with Gasteiger partial charge in [0.1, 0.15) is 0 Å². The highest BCUT2D eigenvalue weighted by Crippen LogP contribution is 2.25. The van der Waals surface area contributed by atoms with E-state index in [0.29, 0.717) is 6.04 Å². The molecule has 2 unspecified atom stereocenters. The number of rotatable bonds is 3. The molecule has 2 aliphatic rings. The van der Waals surface area contributed by atoms with Crippen LogP contribution in [0.5, 0.6) is 0 Å². The summed E-state index contributed by atoms with van der Waals surface area (Å²) in [4.78, 5) is 0. The van der Waals surface area contributed by atoms with Crippen molar-refractivity contribution in [1.82, 2.24) is 10.9 Å². The third-order valence-electron chi connectivity index (χ3n) is 4.60. The van der Waals surface area contributed by atoms with Gasteiger partial charge >= 0.3 is 0 Å². The minimum Gasteiger partial charge on any atom is -0.255 e. The SMILES string of the molecule is CC1CCC(NNC2CCCCC2C)CC1. The molecule has 0 bridgehead atoms. The Morgan fingerprint density at radius 1 is 0.750 bits per heavy atom. The van der Waals surface area contributed by atoms with Gasteiger partial charge in [0, 0.05) is 12.1 Å². The van der Waals surface area contributed by atoms with E-state index < -0.39 is 0 Å². The van der Waals surface area contributed by atoms with Crippen LogP contribution in [0.25, 0.3) is 0 Å². The van der Waals surface area contributed by atoms with Gasteiger partial charge in [-0.15, -0.1) is 0 Å². The van der Waals surface area contributed by atoms with Gasteiger partial charge < -0.3 is 0 Å². The Labute approximate surface area is 101 Å². The lowest BCUT2D eigenvalue weighted by molar-refractivity contribution is 0.213. The van der Waals surface area contributed by atoms with Crippen LogP contribution in [0.1, 0.15) is 65.2 Å². The predicted octanol–water partition coefficient (Wildman–Crippen LogP) is 3.24. The highest BCUT2D eigenvalue weighted by Gasteiger charge is 2.23. The summed E-state index contributed by atoms with van der Waals surface area (Å²) in [6.07, 6.45) is 11.1. The molecule has 0 aliphatic heterocycles. The van der Waals surface area contributed by atoms with Crippen molar-refractivity contribution in [2.24, 2.45) is 11.8 Å². The molecule has 0 spiro atoms. The van der Waals surface area contributed by atoms with Crippen molar-refractivity contribution in [3.8, 4) is 0 Å². The molecule has 2 heteroatoms. The Hall–Kier alpha value is -0.0800. The van der Waals surface area contributed by atoms with E-state index in [-0.39, 0.29) is 0 Å². The van der Waals surface area contributed by atoms with Gasteiger partial charge in [0.15, 0.2) is 0 Å². The first kappa shape index (κ1) is 12.4. The highest BCUT2D eigenvalue weighted by atomic mass is 15.4. The van der Waals surface area contributed by atoms with E-state index in [0.717, 1.165) is 17.9 Å². The largest absolute Gasteiger partial charge is 0.255 e. The lowest BCUT2D eigenvalue weighted by Gasteiger charge is -2.33. The third-order valence-corrected chi connectivity index (χ3v) is 4.60. The molecule has 2 rings (SSSR count). The second kappa shape index (κ2) is 6.02. The molecule has 2 saturated carbocycles. The molecule has 2 N–H and O–H groups in total. The van der Waals surface area contributed by atoms with E-state index in [1.54, 1.807) is 0 Å². The van der Waals surface area contributed by atoms with E-state index in [1.807, 2.05) is 0 Å². The zero-order chi connectivity index (χ0) is 11.4. The van der Waals surface area contributed by atoms with Crippen molar-refractivity contribution in [3.63, 3.8) is 0 Å². The molecular weight excluding hydrogens is 196 g/mol. The molecular formula is C14H28N2. The van der Waals surface area contributed by atoms with Gasteiger partial charge in [-0.25, -0.2) is 0 Å². The van der Waals surface area contributed by atoms with Crippen LogP contribution in [0.15, 0.2) is 0 Å². The molecule has 2 nitrogen and oxygen atoms in total. The second-order valence-electron chi connectivity index (χ2n) is 6.11. The number of hydrogen-bond donors (Lipinski definition) is 2. The monoisotopic (exact) mass is 224 g/mol. The fraction of sp³-hybridized carbons (Fsp3) is 1.00. The van der Waals surface area contributed by atoms with Crippen molar-refractivity contribution in [2.75, 3.05) is 0 Å². The van der Waals surface area contributed by atoms with Crippen LogP contribution in [-0.4, -0.2) is 12.1 Å². The zero-order valence-electron chi connectivity index (χ0n) is 11.0. The van der Waals surface area contributed by atoms with Crippen LogP contribution in [-0.2, 0) is 0 Å². The average molecular weight is 224 g/mol. The standard InChI is InChI=1S/C14H28N2/c1-11-7-9-13(10-8-11)15-16-14-6-4-3-5-12(14)2/h11-16H,3-10H2,1-2H3. The summed E-state index contributed by atoms with van der Waals surface area (Å²) in [6.45, 7) is 4.77. The van der Waals surface area contributed by atoms with Gasteiger partial charge in [-0.3, -0.25) is 10.9 Å². The number of hydrazine groups is 1. The predicted molar refractivity (Wildman–Crippen MR) is 69.1 cm³/mol. The molecule has 0 aromatic heterocycles. The summed E-state index contributed by atoms with van der Waals surface area (Å²) in [5.74, 6) is 1.80. The molecule has 0 amide bonds. The molecule has 0 heterocycles. The average Bonchev–Trinajstić information content (AvgIpc) is 2.30. The first-order valence-corrected chi connectivity index (χ1v) is 7.26. The molecule has 0 aromatic carbocycles. The van der Waals surface area contributed by atoms with E-state index in [9.17, 15) is 0 Å². The highest BCUT2D eigenvalue weighted by molar-refractivity contribution is 4.79. The Kier molecular flexibility index (Phi) is 4.66. The van der Waals surface area contributed by atoms with Crippen LogP contribution < -0.4 is 10.9 Å². The molecule has 0 aromatic rings. The quantitative estimate of drug-likeness (QED) is 0.719. The van der Waals surface area contributed by atoms with Crippen molar-refractivity contribution in [3.05, 3.63) is 0 Å². The van der Waals surface area contributed by atoms with Gasteiger partial charge in [-0.1, -0.05) is 26.7 Å². The Balaban J connectivity index is 1.66. The summed E-state index contributed by atoms with van der Waals surface area (Å²) in [5.41, 5.74) is 7.20. The maximum atomic E-state index is 3.61. The van der Waals surface area contributed by atoms with E-state index >= 15 is 0 Å². The Morgan fingerprint density at radius 3 is 2.12 bits per heavy atom. The molecule has 0 radical (unpaired) electrons. The van der Waals surface area contributed by atoms with Crippen LogP contribution >= 0.6 is 0 Å². The van der Waals surface area contributed by atoms with Crippen molar-refractivity contribution >= 4 is 0 Å². The van der Waals surface area contributed by atoms with Crippen LogP contribution in [0.4, 0.5) is 0 Å². The minimum absolute atomic E-state index is 0.716. The second-order valence-corrected chi connectivity index (χ2v) is 6.11. The summed E-state index contributed by atoms with van der Waals surface area (Å²) in [7, 11) is 0. The molecule has 0 saturated heterocycles. The Morgan fingerprint density at radius 2 is 1.44 bits per heavy atom. The lowest BCUT2D eigenvalue weighted by atomic mass is 9.86. The van der Waals surface area contributed by atoms with Crippen molar-refractivity contribution in [1.29, 1.82) is 0 Å². The summed E-state index contributed by atoms with van der Waals surface area (Å²) in [6, 6.07) is 1.44. The number of nitrogens with one attached hydrogen (secondary N) is 2. The molecule has 2 fully saturated rings. The van der Waals surface area contributed by atoms with Crippen LogP contribution in [0.2, 0.25) is 0 Å². The molecule has 2 atom stereocenters. The first-order valence-electron chi connectivity index (χ1n) is 7.26. The Bertz CT molecular complexity index is 197. The van der Waals surface area contributed by atoms with Gasteiger partial charge in [0.2, 0.25) is 0 Å². The van der Waals surface area contributed by atoms with Gasteiger partial charge in [-0.2, -0.15) is 0 Å². The van der Waals surface area contributed by atoms with Crippen LogP contribution in [0.3, 0.4) is 0 Å². The molecule has 2 aliphatic carbocycles. The van der Waals surface area contributed by atoms with Gasteiger partial charge in [0.05, 0.1) is 0 Å². The van der Waals surface area contributed by atoms with E-state index in [1.165, 1.54) is 51.4 Å². The maximum Gasteiger partial charge on any atom is 0.0238 e. The fourth-order valence-electron chi connectivity index (χ4n) is 3.16. The maximum absolute atomic E-state index is 3.61. The molecule has 94 valence electrons.